The SMILES string of the molecule is CCOC(=O)C=Cc1c(C)nn(C)c1-n1cc(Cl)c2ccccc21. The fourth-order valence-electron chi connectivity index (χ4n) is 2.80. The number of para-hydroxylation sites is 1. The van der Waals surface area contributed by atoms with Crippen molar-refractivity contribution in [1.29, 1.82) is 0 Å². The van der Waals surface area contributed by atoms with E-state index in [4.69, 9.17) is 16.3 Å². The maximum Gasteiger partial charge on any atom is 0.330 e. The zero-order valence-electron chi connectivity index (χ0n) is 13.8. The van der Waals surface area contributed by atoms with Crippen molar-refractivity contribution >= 4 is 34.5 Å². The van der Waals surface area contributed by atoms with E-state index in [9.17, 15) is 4.79 Å². The van der Waals surface area contributed by atoms with E-state index in [2.05, 4.69) is 5.10 Å². The maximum atomic E-state index is 11.6. The predicted octanol–water partition coefficient (Wildman–Crippen LogP) is 3.90. The van der Waals surface area contributed by atoms with Gasteiger partial charge in [-0.1, -0.05) is 29.8 Å². The van der Waals surface area contributed by atoms with Gasteiger partial charge in [0.05, 0.1) is 22.8 Å². The van der Waals surface area contributed by atoms with Gasteiger partial charge in [-0.3, -0.25) is 9.25 Å². The van der Waals surface area contributed by atoms with Crippen LogP contribution >= 0.6 is 11.6 Å². The van der Waals surface area contributed by atoms with Crippen molar-refractivity contribution in [3.8, 4) is 5.82 Å². The van der Waals surface area contributed by atoms with Gasteiger partial charge in [0.1, 0.15) is 5.82 Å². The smallest absolute Gasteiger partial charge is 0.330 e. The van der Waals surface area contributed by atoms with E-state index < -0.39 is 0 Å². The number of hydrogen-bond acceptors (Lipinski definition) is 3. The van der Waals surface area contributed by atoms with Crippen LogP contribution in [-0.2, 0) is 16.6 Å². The van der Waals surface area contributed by atoms with Gasteiger partial charge in [0.2, 0.25) is 0 Å². The lowest BCUT2D eigenvalue weighted by Gasteiger charge is -2.07. The second-order valence-electron chi connectivity index (χ2n) is 5.40. The van der Waals surface area contributed by atoms with E-state index in [1.807, 2.05) is 49.0 Å². The number of benzene rings is 1. The first kappa shape index (κ1) is 16.3. The molecule has 2 aromatic heterocycles. The van der Waals surface area contributed by atoms with Crippen LogP contribution in [0.15, 0.2) is 36.5 Å². The molecule has 1 aromatic carbocycles. The Labute approximate surface area is 145 Å². The topological polar surface area (TPSA) is 49.0 Å². The Balaban J connectivity index is 2.16. The molecule has 0 unspecified atom stereocenters. The largest absolute Gasteiger partial charge is 0.463 e. The van der Waals surface area contributed by atoms with Gasteiger partial charge in [0.15, 0.2) is 0 Å². The molecule has 0 aliphatic heterocycles. The van der Waals surface area contributed by atoms with Crippen LogP contribution in [-0.4, -0.2) is 26.9 Å². The van der Waals surface area contributed by atoms with Crippen molar-refractivity contribution in [1.82, 2.24) is 14.3 Å². The summed E-state index contributed by atoms with van der Waals surface area (Å²) in [4.78, 5) is 11.6. The van der Waals surface area contributed by atoms with E-state index in [1.165, 1.54) is 6.08 Å². The van der Waals surface area contributed by atoms with E-state index in [0.717, 1.165) is 28.0 Å². The molecule has 3 aromatic rings. The number of rotatable bonds is 4. The van der Waals surface area contributed by atoms with E-state index >= 15 is 0 Å². The number of carbonyl (C=O) groups excluding carboxylic acids is 1. The summed E-state index contributed by atoms with van der Waals surface area (Å²) in [6.45, 7) is 4.03. The highest BCUT2D eigenvalue weighted by atomic mass is 35.5. The van der Waals surface area contributed by atoms with Crippen LogP contribution in [0.1, 0.15) is 18.2 Å². The monoisotopic (exact) mass is 343 g/mol. The van der Waals surface area contributed by atoms with Gasteiger partial charge < -0.3 is 4.74 Å². The summed E-state index contributed by atoms with van der Waals surface area (Å²) in [6.07, 6.45) is 5.02. The number of aromatic nitrogens is 3. The number of aryl methyl sites for hydroxylation is 2. The van der Waals surface area contributed by atoms with E-state index in [0.29, 0.717) is 11.6 Å². The summed E-state index contributed by atoms with van der Waals surface area (Å²) in [5.41, 5.74) is 2.65. The van der Waals surface area contributed by atoms with Crippen LogP contribution < -0.4 is 0 Å². The normalized spacial score (nSPS) is 11.5. The highest BCUT2D eigenvalue weighted by Gasteiger charge is 2.16. The molecule has 5 nitrogen and oxygen atoms in total. The predicted molar refractivity (Wildman–Crippen MR) is 95.5 cm³/mol. The Hall–Kier alpha value is -2.53. The molecule has 0 radical (unpaired) electrons. The fourth-order valence-corrected chi connectivity index (χ4v) is 3.06. The molecular formula is C18H18ClN3O2. The second-order valence-corrected chi connectivity index (χ2v) is 5.80. The van der Waals surface area contributed by atoms with Gasteiger partial charge in [-0.05, 0) is 26.0 Å². The third-order valence-electron chi connectivity index (χ3n) is 3.80. The molecule has 3 rings (SSSR count). The van der Waals surface area contributed by atoms with Gasteiger partial charge >= 0.3 is 5.97 Å². The number of halogens is 1. The van der Waals surface area contributed by atoms with Gasteiger partial charge in [-0.15, -0.1) is 0 Å². The second kappa shape index (κ2) is 6.53. The number of fused-ring (bicyclic) bond motifs is 1. The van der Waals surface area contributed by atoms with Crippen molar-refractivity contribution in [3.05, 3.63) is 52.8 Å². The standard InChI is InChI=1S/C18H18ClN3O2/c1-4-24-17(23)10-9-13-12(2)20-21(3)18(13)22-11-15(19)14-7-5-6-8-16(14)22/h5-11H,4H2,1-3H3. The molecule has 0 amide bonds. The molecule has 0 aliphatic carbocycles. The molecule has 0 saturated carbocycles. The molecular weight excluding hydrogens is 326 g/mol. The van der Waals surface area contributed by atoms with Crippen LogP contribution in [0.3, 0.4) is 0 Å². The quantitative estimate of drug-likeness (QED) is 0.533. The third-order valence-corrected chi connectivity index (χ3v) is 4.10. The Kier molecular flexibility index (Phi) is 4.44. The highest BCUT2D eigenvalue weighted by molar-refractivity contribution is 6.35. The van der Waals surface area contributed by atoms with Crippen LogP contribution in [0, 0.1) is 6.92 Å². The van der Waals surface area contributed by atoms with Crippen molar-refractivity contribution in [2.75, 3.05) is 6.61 Å². The summed E-state index contributed by atoms with van der Waals surface area (Å²) in [5, 5.41) is 6.12. The minimum atomic E-state index is -0.373. The van der Waals surface area contributed by atoms with Gasteiger partial charge in [-0.25, -0.2) is 4.79 Å². The van der Waals surface area contributed by atoms with Crippen molar-refractivity contribution in [2.24, 2.45) is 7.05 Å². The molecule has 0 bridgehead atoms. The van der Waals surface area contributed by atoms with Gasteiger partial charge in [0.25, 0.3) is 0 Å². The van der Waals surface area contributed by atoms with Crippen LogP contribution in [0.5, 0.6) is 0 Å². The Morgan fingerprint density at radius 1 is 1.38 bits per heavy atom. The Morgan fingerprint density at radius 3 is 2.88 bits per heavy atom. The molecule has 0 spiro atoms. The first-order valence-corrected chi connectivity index (χ1v) is 8.05. The first-order chi connectivity index (χ1) is 11.5. The molecule has 0 aliphatic rings. The van der Waals surface area contributed by atoms with Gasteiger partial charge in [-0.2, -0.15) is 5.10 Å². The van der Waals surface area contributed by atoms with Crippen molar-refractivity contribution in [3.63, 3.8) is 0 Å². The molecule has 2 heterocycles. The minimum Gasteiger partial charge on any atom is -0.463 e. The molecule has 0 N–H and O–H groups in total. The molecule has 0 fully saturated rings. The lowest BCUT2D eigenvalue weighted by atomic mass is 10.2. The summed E-state index contributed by atoms with van der Waals surface area (Å²) < 4.78 is 8.72. The Morgan fingerprint density at radius 2 is 2.12 bits per heavy atom. The zero-order valence-corrected chi connectivity index (χ0v) is 14.5. The molecule has 0 atom stereocenters. The maximum absolute atomic E-state index is 11.6. The number of carbonyl (C=O) groups is 1. The Bertz CT molecular complexity index is 937. The fraction of sp³-hybridized carbons (Fsp3) is 0.222. The molecule has 0 saturated heterocycles. The zero-order chi connectivity index (χ0) is 17.3. The molecule has 6 heteroatoms. The number of nitrogens with zero attached hydrogens (tertiary/aromatic N) is 3. The lowest BCUT2D eigenvalue weighted by Crippen LogP contribution is -2.03. The lowest BCUT2D eigenvalue weighted by molar-refractivity contribution is -0.137. The van der Waals surface area contributed by atoms with Crippen LogP contribution in [0.25, 0.3) is 22.8 Å². The van der Waals surface area contributed by atoms with Crippen molar-refractivity contribution < 1.29 is 9.53 Å². The molecule has 124 valence electrons. The summed E-state index contributed by atoms with van der Waals surface area (Å²) in [7, 11) is 1.87. The minimum absolute atomic E-state index is 0.347. The summed E-state index contributed by atoms with van der Waals surface area (Å²) in [6, 6.07) is 7.90. The first-order valence-electron chi connectivity index (χ1n) is 7.67. The van der Waals surface area contributed by atoms with Crippen LogP contribution in [0.2, 0.25) is 5.02 Å². The number of hydrogen-bond donors (Lipinski definition) is 0. The third kappa shape index (κ3) is 2.83. The molecule has 24 heavy (non-hydrogen) atoms. The number of esters is 1. The van der Waals surface area contributed by atoms with Crippen LogP contribution in [0.4, 0.5) is 0 Å². The highest BCUT2D eigenvalue weighted by Crippen LogP contribution is 2.30. The van der Waals surface area contributed by atoms with Gasteiger partial charge in [0, 0.05) is 30.3 Å². The van der Waals surface area contributed by atoms with E-state index in [-0.39, 0.29) is 5.97 Å². The summed E-state index contributed by atoms with van der Waals surface area (Å²) >= 11 is 6.37. The van der Waals surface area contributed by atoms with Crippen molar-refractivity contribution in [2.45, 2.75) is 13.8 Å². The van der Waals surface area contributed by atoms with E-state index in [1.54, 1.807) is 17.7 Å². The average Bonchev–Trinajstić information content (AvgIpc) is 3.02. The summed E-state index contributed by atoms with van der Waals surface area (Å²) in [5.74, 6) is 0.471. The number of ether oxygens (including phenoxy) is 1. The average molecular weight is 344 g/mol.